The van der Waals surface area contributed by atoms with Crippen molar-refractivity contribution in [1.82, 2.24) is 10.2 Å². The Morgan fingerprint density at radius 2 is 1.88 bits per heavy atom. The minimum absolute atomic E-state index is 0.382. The Morgan fingerprint density at radius 3 is 2.46 bits per heavy atom. The van der Waals surface area contributed by atoms with Gasteiger partial charge in [-0.3, -0.25) is 0 Å². The average Bonchev–Trinajstić information content (AvgIpc) is 3.40. The molecule has 2 atom stereocenters. The number of rotatable bonds is 8. The fraction of sp³-hybridized carbons (Fsp3) is 0.684. The third-order valence-electron chi connectivity index (χ3n) is 5.15. The third kappa shape index (κ3) is 5.17. The zero-order valence-corrected chi connectivity index (χ0v) is 15.2. The Bertz CT molecular complexity index is 499. The maximum Gasteiger partial charge on any atom is 0.0900 e. The maximum atomic E-state index is 9.87. The lowest BCUT2D eigenvalue weighted by molar-refractivity contribution is 0.0306. The molecule has 0 radical (unpaired) electrons. The number of hydrogen-bond acceptors (Lipinski definition) is 4. The van der Waals surface area contributed by atoms with Gasteiger partial charge in [0.15, 0.2) is 0 Å². The van der Waals surface area contributed by atoms with Crippen LogP contribution >= 0.6 is 11.6 Å². The Kier molecular flexibility index (Phi) is 6.53. The molecule has 0 amide bonds. The molecule has 5 heteroatoms. The van der Waals surface area contributed by atoms with E-state index in [2.05, 4.69) is 22.3 Å². The van der Waals surface area contributed by atoms with Gasteiger partial charge in [0.25, 0.3) is 0 Å². The second-order valence-corrected chi connectivity index (χ2v) is 7.65. The summed E-state index contributed by atoms with van der Waals surface area (Å²) in [4.78, 5) is 2.34. The van der Waals surface area contributed by atoms with E-state index >= 15 is 0 Å². The molecule has 2 aliphatic rings. The van der Waals surface area contributed by atoms with E-state index in [0.29, 0.717) is 25.2 Å². The molecule has 2 N–H and O–H groups in total. The summed E-state index contributed by atoms with van der Waals surface area (Å²) in [5.41, 5.74) is 1.36. The molecule has 1 saturated carbocycles. The summed E-state index contributed by atoms with van der Waals surface area (Å²) in [6, 6.07) is 9.32. The van der Waals surface area contributed by atoms with Crippen LogP contribution in [0.4, 0.5) is 0 Å². The lowest BCUT2D eigenvalue weighted by Crippen LogP contribution is -2.46. The fourth-order valence-corrected chi connectivity index (χ4v) is 3.81. The van der Waals surface area contributed by atoms with Crippen molar-refractivity contribution in [3.63, 3.8) is 0 Å². The Labute approximate surface area is 150 Å². The standard InChI is InChI=1S/C19H29ClN2O2/c1-24-13-18(23)12-22-10-8-17(9-11-22)21-19(14-2-3-14)15-4-6-16(20)7-5-15/h4-7,14,17-19,21,23H,2-3,8-13H2,1H3. The molecule has 3 rings (SSSR count). The van der Waals surface area contributed by atoms with Crippen molar-refractivity contribution in [3.05, 3.63) is 34.9 Å². The van der Waals surface area contributed by atoms with Crippen molar-refractivity contribution in [2.75, 3.05) is 33.4 Å². The van der Waals surface area contributed by atoms with Crippen molar-refractivity contribution in [1.29, 1.82) is 0 Å². The molecule has 1 heterocycles. The first-order valence-electron chi connectivity index (χ1n) is 9.06. The highest BCUT2D eigenvalue weighted by Crippen LogP contribution is 2.41. The van der Waals surface area contributed by atoms with E-state index in [0.717, 1.165) is 36.9 Å². The van der Waals surface area contributed by atoms with Gasteiger partial charge in [0.1, 0.15) is 0 Å². The predicted molar refractivity (Wildman–Crippen MR) is 97.4 cm³/mol. The maximum absolute atomic E-state index is 9.87. The van der Waals surface area contributed by atoms with E-state index in [1.165, 1.54) is 18.4 Å². The Morgan fingerprint density at radius 1 is 1.21 bits per heavy atom. The first-order chi connectivity index (χ1) is 11.7. The number of ether oxygens (including phenoxy) is 1. The Hall–Kier alpha value is -0.650. The van der Waals surface area contributed by atoms with Gasteiger partial charge in [-0.15, -0.1) is 0 Å². The van der Waals surface area contributed by atoms with Crippen LogP contribution in [-0.4, -0.2) is 55.5 Å². The average molecular weight is 353 g/mol. The van der Waals surface area contributed by atoms with Crippen molar-refractivity contribution < 1.29 is 9.84 Å². The first kappa shape index (κ1) is 18.2. The van der Waals surface area contributed by atoms with E-state index in [4.69, 9.17) is 16.3 Å². The summed E-state index contributed by atoms with van der Waals surface area (Å²) in [7, 11) is 1.63. The van der Waals surface area contributed by atoms with Crippen LogP contribution in [0, 0.1) is 5.92 Å². The topological polar surface area (TPSA) is 44.7 Å². The third-order valence-corrected chi connectivity index (χ3v) is 5.41. The lowest BCUT2D eigenvalue weighted by atomic mass is 9.98. The van der Waals surface area contributed by atoms with Gasteiger partial charge in [-0.2, -0.15) is 0 Å². The van der Waals surface area contributed by atoms with Crippen molar-refractivity contribution in [2.24, 2.45) is 5.92 Å². The summed E-state index contributed by atoms with van der Waals surface area (Å²) >= 11 is 6.03. The molecule has 2 unspecified atom stereocenters. The zero-order valence-electron chi connectivity index (χ0n) is 14.5. The smallest absolute Gasteiger partial charge is 0.0900 e. The zero-order chi connectivity index (χ0) is 16.9. The molecule has 1 aromatic carbocycles. The molecular formula is C19H29ClN2O2. The first-order valence-corrected chi connectivity index (χ1v) is 9.44. The SMILES string of the molecule is COCC(O)CN1CCC(NC(c2ccc(Cl)cc2)C2CC2)CC1. The van der Waals surface area contributed by atoms with E-state index in [-0.39, 0.29) is 6.10 Å². The van der Waals surface area contributed by atoms with Gasteiger partial charge < -0.3 is 20.1 Å². The van der Waals surface area contributed by atoms with Crippen LogP contribution in [0.15, 0.2) is 24.3 Å². The van der Waals surface area contributed by atoms with Crippen LogP contribution in [0.1, 0.15) is 37.3 Å². The van der Waals surface area contributed by atoms with Crippen LogP contribution in [0.5, 0.6) is 0 Å². The number of aliphatic hydroxyl groups is 1. The molecule has 2 fully saturated rings. The quantitative estimate of drug-likeness (QED) is 0.755. The molecule has 0 bridgehead atoms. The Balaban J connectivity index is 1.49. The second-order valence-electron chi connectivity index (χ2n) is 7.22. The number of nitrogens with one attached hydrogen (secondary N) is 1. The normalized spacial score (nSPS) is 22.5. The van der Waals surface area contributed by atoms with Crippen molar-refractivity contribution >= 4 is 11.6 Å². The highest BCUT2D eigenvalue weighted by atomic mass is 35.5. The van der Waals surface area contributed by atoms with Gasteiger partial charge in [-0.1, -0.05) is 23.7 Å². The molecule has 0 spiro atoms. The number of piperidine rings is 1. The summed E-state index contributed by atoms with van der Waals surface area (Å²) in [5.74, 6) is 0.771. The van der Waals surface area contributed by atoms with Gasteiger partial charge in [-0.25, -0.2) is 0 Å². The van der Waals surface area contributed by atoms with Gasteiger partial charge in [0, 0.05) is 30.8 Å². The van der Waals surface area contributed by atoms with E-state index < -0.39 is 0 Å². The summed E-state index contributed by atoms with van der Waals surface area (Å²) in [5, 5.41) is 14.6. The number of aliphatic hydroxyl groups excluding tert-OH is 1. The van der Waals surface area contributed by atoms with Gasteiger partial charge in [0.05, 0.1) is 12.7 Å². The predicted octanol–water partition coefficient (Wildman–Crippen LogP) is 2.85. The number of benzene rings is 1. The molecule has 4 nitrogen and oxygen atoms in total. The van der Waals surface area contributed by atoms with Crippen LogP contribution in [-0.2, 0) is 4.74 Å². The van der Waals surface area contributed by atoms with E-state index in [9.17, 15) is 5.11 Å². The number of β-amino-alcohol motifs (C(OH)–C–C–N with tert-alkyl or cyclic N) is 1. The molecule has 0 aromatic heterocycles. The highest BCUT2D eigenvalue weighted by Gasteiger charge is 2.34. The molecule has 24 heavy (non-hydrogen) atoms. The van der Waals surface area contributed by atoms with Crippen molar-refractivity contribution in [3.8, 4) is 0 Å². The number of nitrogens with zero attached hydrogens (tertiary/aromatic N) is 1. The molecule has 134 valence electrons. The highest BCUT2D eigenvalue weighted by molar-refractivity contribution is 6.30. The second kappa shape index (κ2) is 8.63. The minimum atomic E-state index is -0.382. The fourth-order valence-electron chi connectivity index (χ4n) is 3.68. The number of hydrogen-bond donors (Lipinski definition) is 2. The van der Waals surface area contributed by atoms with Crippen LogP contribution in [0.2, 0.25) is 5.02 Å². The van der Waals surface area contributed by atoms with E-state index in [1.807, 2.05) is 12.1 Å². The molecule has 1 aromatic rings. The van der Waals surface area contributed by atoms with Gasteiger partial charge in [-0.05, 0) is 62.4 Å². The molecule has 1 aliphatic heterocycles. The molecular weight excluding hydrogens is 324 g/mol. The van der Waals surface area contributed by atoms with Crippen LogP contribution in [0.25, 0.3) is 0 Å². The summed E-state index contributed by atoms with van der Waals surface area (Å²) in [6.07, 6.45) is 4.53. The molecule has 1 saturated heterocycles. The number of methoxy groups -OCH3 is 1. The monoisotopic (exact) mass is 352 g/mol. The van der Waals surface area contributed by atoms with Crippen LogP contribution in [0.3, 0.4) is 0 Å². The minimum Gasteiger partial charge on any atom is -0.389 e. The van der Waals surface area contributed by atoms with Gasteiger partial charge >= 0.3 is 0 Å². The largest absolute Gasteiger partial charge is 0.389 e. The summed E-state index contributed by atoms with van der Waals surface area (Å²) < 4.78 is 5.01. The number of halogens is 1. The van der Waals surface area contributed by atoms with Crippen LogP contribution < -0.4 is 5.32 Å². The van der Waals surface area contributed by atoms with Gasteiger partial charge in [0.2, 0.25) is 0 Å². The van der Waals surface area contributed by atoms with Crippen molar-refractivity contribution in [2.45, 2.75) is 43.9 Å². The summed E-state index contributed by atoms with van der Waals surface area (Å²) in [6.45, 7) is 3.20. The van der Waals surface area contributed by atoms with E-state index in [1.54, 1.807) is 7.11 Å². The molecule has 1 aliphatic carbocycles. The number of likely N-dealkylation sites (tertiary alicyclic amines) is 1. The lowest BCUT2D eigenvalue weighted by Gasteiger charge is -2.35.